The predicted molar refractivity (Wildman–Crippen MR) is 128 cm³/mol. The van der Waals surface area contributed by atoms with Crippen LogP contribution in [0.15, 0.2) is 91.4 Å². The number of aromatic nitrogens is 3. The van der Waals surface area contributed by atoms with Crippen LogP contribution in [-0.2, 0) is 6.54 Å². The van der Waals surface area contributed by atoms with Crippen molar-refractivity contribution in [3.63, 3.8) is 0 Å². The Morgan fingerprint density at radius 3 is 2.39 bits per heavy atom. The number of nitro groups is 1. The average Bonchev–Trinajstić information content (AvgIpc) is 3.45. The Hall–Kier alpha value is -4.11. The third kappa shape index (κ3) is 4.06. The van der Waals surface area contributed by atoms with E-state index in [0.29, 0.717) is 11.7 Å². The number of hydrogen-bond donors (Lipinski definition) is 1. The molecule has 1 aliphatic rings. The number of nitrogens with zero attached hydrogens (tertiary/aromatic N) is 5. The van der Waals surface area contributed by atoms with Crippen LogP contribution in [0.2, 0.25) is 0 Å². The number of rotatable bonds is 6. The van der Waals surface area contributed by atoms with Gasteiger partial charge in [0.05, 0.1) is 34.9 Å². The molecule has 8 nitrogen and oxygen atoms in total. The van der Waals surface area contributed by atoms with E-state index in [4.69, 9.17) is 12.2 Å². The normalized spacial score (nSPS) is 17.7. The van der Waals surface area contributed by atoms with E-state index in [-0.39, 0.29) is 17.8 Å². The summed E-state index contributed by atoms with van der Waals surface area (Å²) in [5.74, 6) is 0. The minimum Gasteiger partial charge on any atom is -0.352 e. The maximum atomic E-state index is 11.1. The monoisotopic (exact) mass is 456 g/mol. The van der Waals surface area contributed by atoms with Crippen LogP contribution < -0.4 is 5.32 Å². The highest BCUT2D eigenvalue weighted by atomic mass is 32.1. The molecule has 0 radical (unpaired) electrons. The molecule has 1 saturated heterocycles. The molecule has 0 unspecified atom stereocenters. The van der Waals surface area contributed by atoms with E-state index in [1.165, 1.54) is 12.1 Å². The first-order valence-electron chi connectivity index (χ1n) is 10.4. The molecule has 9 heteroatoms. The fraction of sp³-hybridized carbons (Fsp3) is 0.125. The SMILES string of the molecule is O=[N+]([O-])c1ccc(-n2cccc2[C@H]2[C@H](c3ccccn3)NC(=S)N2Cc2ccccn2)cc1. The summed E-state index contributed by atoms with van der Waals surface area (Å²) >= 11 is 5.75. The molecule has 0 spiro atoms. The van der Waals surface area contributed by atoms with Gasteiger partial charge in [-0.15, -0.1) is 0 Å². The summed E-state index contributed by atoms with van der Waals surface area (Å²) in [6.07, 6.45) is 5.49. The van der Waals surface area contributed by atoms with Crippen molar-refractivity contribution in [2.24, 2.45) is 0 Å². The zero-order chi connectivity index (χ0) is 22.8. The van der Waals surface area contributed by atoms with Gasteiger partial charge in [-0.25, -0.2) is 0 Å². The predicted octanol–water partition coefficient (Wildman–Crippen LogP) is 4.35. The molecule has 164 valence electrons. The van der Waals surface area contributed by atoms with E-state index >= 15 is 0 Å². The molecule has 4 aromatic rings. The van der Waals surface area contributed by atoms with Crippen LogP contribution in [0.5, 0.6) is 0 Å². The molecule has 1 fully saturated rings. The first-order valence-corrected chi connectivity index (χ1v) is 10.8. The molecule has 3 aromatic heterocycles. The quantitative estimate of drug-likeness (QED) is 0.262. The second kappa shape index (κ2) is 8.79. The highest BCUT2D eigenvalue weighted by Gasteiger charge is 2.41. The van der Waals surface area contributed by atoms with Crippen molar-refractivity contribution in [3.05, 3.63) is 119 Å². The lowest BCUT2D eigenvalue weighted by Crippen LogP contribution is -2.30. The van der Waals surface area contributed by atoms with Gasteiger partial charge < -0.3 is 14.8 Å². The van der Waals surface area contributed by atoms with Crippen molar-refractivity contribution in [3.8, 4) is 5.69 Å². The number of thiocarbonyl (C=S) groups is 1. The van der Waals surface area contributed by atoms with E-state index in [1.807, 2.05) is 59.3 Å². The molecule has 0 saturated carbocycles. The van der Waals surface area contributed by atoms with Gasteiger partial charge in [-0.05, 0) is 60.7 Å². The van der Waals surface area contributed by atoms with Crippen molar-refractivity contribution in [2.45, 2.75) is 18.6 Å². The molecule has 4 heterocycles. The Morgan fingerprint density at radius 1 is 0.970 bits per heavy atom. The van der Waals surface area contributed by atoms with Gasteiger partial charge in [0.1, 0.15) is 0 Å². The highest BCUT2D eigenvalue weighted by Crippen LogP contribution is 2.40. The van der Waals surface area contributed by atoms with Crippen LogP contribution in [0, 0.1) is 10.1 Å². The first kappa shape index (κ1) is 20.8. The van der Waals surface area contributed by atoms with Crippen molar-refractivity contribution in [2.75, 3.05) is 0 Å². The van der Waals surface area contributed by atoms with Crippen LogP contribution in [0.3, 0.4) is 0 Å². The number of nitrogens with one attached hydrogen (secondary N) is 1. The summed E-state index contributed by atoms with van der Waals surface area (Å²) in [6.45, 7) is 0.534. The van der Waals surface area contributed by atoms with Crippen LogP contribution in [0.25, 0.3) is 5.69 Å². The fourth-order valence-corrected chi connectivity index (χ4v) is 4.47. The molecule has 0 aliphatic carbocycles. The van der Waals surface area contributed by atoms with Gasteiger partial charge in [0, 0.05) is 42.1 Å². The van der Waals surface area contributed by atoms with Crippen LogP contribution >= 0.6 is 12.2 Å². The molecule has 2 atom stereocenters. The van der Waals surface area contributed by atoms with Gasteiger partial charge >= 0.3 is 0 Å². The third-order valence-corrected chi connectivity index (χ3v) is 6.03. The molecular formula is C24H20N6O2S. The minimum atomic E-state index is -0.397. The number of benzene rings is 1. The number of hydrogen-bond acceptors (Lipinski definition) is 5. The molecule has 33 heavy (non-hydrogen) atoms. The van der Waals surface area contributed by atoms with Crippen LogP contribution in [-0.4, -0.2) is 29.5 Å². The largest absolute Gasteiger partial charge is 0.352 e. The Labute approximate surface area is 195 Å². The second-order valence-corrected chi connectivity index (χ2v) is 8.04. The highest BCUT2D eigenvalue weighted by molar-refractivity contribution is 7.80. The van der Waals surface area contributed by atoms with Gasteiger partial charge in [-0.2, -0.15) is 0 Å². The first-order chi connectivity index (χ1) is 16.1. The topological polar surface area (TPSA) is 89.1 Å². The van der Waals surface area contributed by atoms with Gasteiger partial charge in [-0.1, -0.05) is 12.1 Å². The Bertz CT molecular complexity index is 1280. The van der Waals surface area contributed by atoms with Gasteiger partial charge in [0.15, 0.2) is 5.11 Å². The minimum absolute atomic E-state index is 0.0549. The molecule has 1 aliphatic heterocycles. The lowest BCUT2D eigenvalue weighted by Gasteiger charge is -2.28. The fourth-order valence-electron chi connectivity index (χ4n) is 4.17. The molecule has 5 rings (SSSR count). The summed E-state index contributed by atoms with van der Waals surface area (Å²) < 4.78 is 2.03. The van der Waals surface area contributed by atoms with Gasteiger partial charge in [-0.3, -0.25) is 20.1 Å². The number of non-ortho nitro benzene ring substituents is 1. The van der Waals surface area contributed by atoms with Crippen molar-refractivity contribution in [1.82, 2.24) is 24.8 Å². The van der Waals surface area contributed by atoms with Crippen LogP contribution in [0.4, 0.5) is 5.69 Å². The number of nitro benzene ring substituents is 1. The second-order valence-electron chi connectivity index (χ2n) is 7.65. The van der Waals surface area contributed by atoms with Gasteiger partial charge in [0.25, 0.3) is 5.69 Å². The summed E-state index contributed by atoms with van der Waals surface area (Å²) in [5.41, 5.74) is 3.66. The van der Waals surface area contributed by atoms with E-state index in [9.17, 15) is 10.1 Å². The lowest BCUT2D eigenvalue weighted by molar-refractivity contribution is -0.384. The molecule has 1 aromatic carbocycles. The Balaban J connectivity index is 1.58. The van der Waals surface area contributed by atoms with E-state index in [1.54, 1.807) is 24.5 Å². The smallest absolute Gasteiger partial charge is 0.269 e. The Kier molecular flexibility index (Phi) is 5.54. The Morgan fingerprint density at radius 2 is 1.73 bits per heavy atom. The van der Waals surface area contributed by atoms with E-state index in [2.05, 4.69) is 20.2 Å². The van der Waals surface area contributed by atoms with Crippen LogP contribution in [0.1, 0.15) is 29.2 Å². The van der Waals surface area contributed by atoms with Crippen molar-refractivity contribution in [1.29, 1.82) is 0 Å². The standard InChI is InChI=1S/C24H20N6O2S/c31-30(32)19-11-9-18(10-12-19)28-15-5-8-21(28)23-22(20-7-2-4-14-26-20)27-24(33)29(23)16-17-6-1-3-13-25-17/h1-15,22-23H,16H2,(H,27,33)/t22-,23-/m0/s1. The van der Waals surface area contributed by atoms with Gasteiger partial charge in [0.2, 0.25) is 0 Å². The molecule has 0 amide bonds. The number of pyridine rings is 2. The average molecular weight is 457 g/mol. The third-order valence-electron chi connectivity index (χ3n) is 5.68. The zero-order valence-electron chi connectivity index (χ0n) is 17.5. The summed E-state index contributed by atoms with van der Waals surface area (Å²) in [7, 11) is 0. The summed E-state index contributed by atoms with van der Waals surface area (Å²) in [6, 6.07) is 21.8. The lowest BCUT2D eigenvalue weighted by atomic mass is 10.0. The van der Waals surface area contributed by atoms with Crippen molar-refractivity contribution >= 4 is 23.0 Å². The summed E-state index contributed by atoms with van der Waals surface area (Å²) in [4.78, 5) is 21.9. The van der Waals surface area contributed by atoms with E-state index < -0.39 is 4.92 Å². The maximum Gasteiger partial charge on any atom is 0.269 e. The molecule has 1 N–H and O–H groups in total. The summed E-state index contributed by atoms with van der Waals surface area (Å²) in [5, 5.41) is 15.2. The maximum absolute atomic E-state index is 11.1. The molecule has 0 bridgehead atoms. The van der Waals surface area contributed by atoms with E-state index in [0.717, 1.165) is 22.8 Å². The van der Waals surface area contributed by atoms with Crippen molar-refractivity contribution < 1.29 is 4.92 Å². The molecular weight excluding hydrogens is 436 g/mol. The zero-order valence-corrected chi connectivity index (χ0v) is 18.3.